The topological polar surface area (TPSA) is 237 Å². The van der Waals surface area contributed by atoms with Crippen molar-refractivity contribution in [2.45, 2.75) is 419 Å². The lowest BCUT2D eigenvalue weighted by atomic mass is 9.99. The van der Waals surface area contributed by atoms with Crippen molar-refractivity contribution in [2.75, 3.05) is 39.6 Å². The van der Waals surface area contributed by atoms with Crippen molar-refractivity contribution >= 4 is 39.5 Å². The average Bonchev–Trinajstić information content (AvgIpc) is 0.915. The molecule has 0 fully saturated rings. The van der Waals surface area contributed by atoms with Crippen LogP contribution in [0.1, 0.15) is 401 Å². The largest absolute Gasteiger partial charge is 0.472 e. The number of aliphatic hydroxyl groups excluding tert-OH is 1. The molecule has 19 heteroatoms. The molecular weight excluding hydrogens is 1310 g/mol. The van der Waals surface area contributed by atoms with Gasteiger partial charge in [0.25, 0.3) is 0 Å². The number of aliphatic hydroxyl groups is 1. The van der Waals surface area contributed by atoms with Crippen molar-refractivity contribution in [1.82, 2.24) is 0 Å². The van der Waals surface area contributed by atoms with Crippen LogP contribution >= 0.6 is 15.6 Å². The molecule has 100 heavy (non-hydrogen) atoms. The number of ether oxygens (including phenoxy) is 4. The summed E-state index contributed by atoms with van der Waals surface area (Å²) in [4.78, 5) is 73.0. The van der Waals surface area contributed by atoms with Crippen molar-refractivity contribution in [3.05, 3.63) is 24.3 Å². The van der Waals surface area contributed by atoms with Crippen LogP contribution in [-0.2, 0) is 65.4 Å². The summed E-state index contributed by atoms with van der Waals surface area (Å²) >= 11 is 0. The first-order valence-corrected chi connectivity index (χ1v) is 44.3. The molecule has 0 spiro atoms. The van der Waals surface area contributed by atoms with Gasteiger partial charge in [0, 0.05) is 25.7 Å². The van der Waals surface area contributed by atoms with Crippen LogP contribution < -0.4 is 0 Å². The summed E-state index contributed by atoms with van der Waals surface area (Å²) in [7, 11) is -9.93. The Labute approximate surface area is 612 Å². The maximum absolute atomic E-state index is 13.1. The van der Waals surface area contributed by atoms with Crippen molar-refractivity contribution in [1.29, 1.82) is 0 Å². The van der Waals surface area contributed by atoms with E-state index in [2.05, 4.69) is 65.8 Å². The second kappa shape index (κ2) is 72.1. The summed E-state index contributed by atoms with van der Waals surface area (Å²) in [5.74, 6) is -0.596. The fourth-order valence-electron chi connectivity index (χ4n) is 12.0. The quantitative estimate of drug-likeness (QED) is 0.0169. The summed E-state index contributed by atoms with van der Waals surface area (Å²) in [5.41, 5.74) is 0. The fourth-order valence-corrected chi connectivity index (χ4v) is 13.5. The minimum atomic E-state index is -4.97. The minimum Gasteiger partial charge on any atom is -0.462 e. The van der Waals surface area contributed by atoms with Crippen LogP contribution in [0.5, 0.6) is 0 Å². The Kier molecular flexibility index (Phi) is 70.3. The molecule has 0 aliphatic heterocycles. The van der Waals surface area contributed by atoms with E-state index in [1.54, 1.807) is 0 Å². The highest BCUT2D eigenvalue weighted by Gasteiger charge is 2.30. The summed E-state index contributed by atoms with van der Waals surface area (Å²) < 4.78 is 68.7. The van der Waals surface area contributed by atoms with Gasteiger partial charge in [0.2, 0.25) is 0 Å². The van der Waals surface area contributed by atoms with E-state index in [0.29, 0.717) is 25.7 Å². The van der Waals surface area contributed by atoms with Gasteiger partial charge >= 0.3 is 39.5 Å². The van der Waals surface area contributed by atoms with Crippen molar-refractivity contribution < 1.29 is 80.2 Å². The van der Waals surface area contributed by atoms with Gasteiger partial charge in [0.15, 0.2) is 12.2 Å². The van der Waals surface area contributed by atoms with E-state index in [1.807, 2.05) is 0 Å². The van der Waals surface area contributed by atoms with Gasteiger partial charge in [-0.15, -0.1) is 0 Å². The number of rotatable bonds is 78. The summed E-state index contributed by atoms with van der Waals surface area (Å²) in [6.07, 6.45) is 64.5. The second-order valence-electron chi connectivity index (χ2n) is 29.2. The lowest BCUT2D eigenvalue weighted by Gasteiger charge is -2.21. The van der Waals surface area contributed by atoms with Gasteiger partial charge in [-0.3, -0.25) is 37.3 Å². The number of unbranched alkanes of at least 4 members (excludes halogenated alkanes) is 44. The summed E-state index contributed by atoms with van der Waals surface area (Å²) in [6, 6.07) is 0. The molecule has 590 valence electrons. The van der Waals surface area contributed by atoms with Crippen LogP contribution in [0.2, 0.25) is 0 Å². The zero-order valence-electron chi connectivity index (χ0n) is 65.0. The van der Waals surface area contributed by atoms with Gasteiger partial charge in [-0.1, -0.05) is 348 Å². The minimum absolute atomic E-state index is 0.102. The Balaban J connectivity index is 5.29. The first-order chi connectivity index (χ1) is 48.4. The molecule has 0 bridgehead atoms. The SMILES string of the molecule is CCCCCC/C=C\C=C/CCCCCCCC(=O)OC[C@H](COP(=O)(O)OC[C@@H](O)COP(=O)(O)OC[C@@H](COC(=O)CCCCCCCCCCCC(C)C)OC(=O)CCCCCCCCCCCCC(C)CC)OC(=O)CCCCCCCCCCCCCCCCCCCCC. The molecule has 0 saturated heterocycles. The number of carbonyl (C=O) groups excluding carboxylic acids is 4. The highest BCUT2D eigenvalue weighted by molar-refractivity contribution is 7.47. The first-order valence-electron chi connectivity index (χ1n) is 41.3. The van der Waals surface area contributed by atoms with E-state index in [1.165, 1.54) is 199 Å². The molecule has 3 unspecified atom stereocenters. The van der Waals surface area contributed by atoms with Gasteiger partial charge < -0.3 is 33.8 Å². The van der Waals surface area contributed by atoms with Crippen LogP contribution in [0.25, 0.3) is 0 Å². The molecule has 0 aromatic heterocycles. The Morgan fingerprint density at radius 1 is 0.330 bits per heavy atom. The number of hydrogen-bond acceptors (Lipinski definition) is 15. The molecular formula is C81H154O17P2. The third kappa shape index (κ3) is 72.5. The molecule has 17 nitrogen and oxygen atoms in total. The van der Waals surface area contributed by atoms with Gasteiger partial charge in [-0.05, 0) is 63.2 Å². The van der Waals surface area contributed by atoms with Gasteiger partial charge in [0.05, 0.1) is 26.4 Å². The molecule has 0 aromatic rings. The molecule has 0 aliphatic rings. The van der Waals surface area contributed by atoms with Crippen LogP contribution in [0.3, 0.4) is 0 Å². The normalized spacial score (nSPS) is 14.3. The van der Waals surface area contributed by atoms with Crippen LogP contribution in [0.4, 0.5) is 0 Å². The van der Waals surface area contributed by atoms with Crippen molar-refractivity contribution in [3.63, 3.8) is 0 Å². The smallest absolute Gasteiger partial charge is 0.462 e. The molecule has 0 saturated carbocycles. The van der Waals surface area contributed by atoms with E-state index >= 15 is 0 Å². The van der Waals surface area contributed by atoms with E-state index < -0.39 is 97.5 Å². The lowest BCUT2D eigenvalue weighted by molar-refractivity contribution is -0.161. The van der Waals surface area contributed by atoms with Gasteiger partial charge in [0.1, 0.15) is 19.3 Å². The maximum Gasteiger partial charge on any atom is 0.472 e. The molecule has 3 N–H and O–H groups in total. The molecule has 0 amide bonds. The third-order valence-electron chi connectivity index (χ3n) is 18.7. The van der Waals surface area contributed by atoms with E-state index in [4.69, 9.17) is 37.0 Å². The van der Waals surface area contributed by atoms with Crippen LogP contribution in [0.15, 0.2) is 24.3 Å². The molecule has 6 atom stereocenters. The van der Waals surface area contributed by atoms with E-state index in [0.717, 1.165) is 121 Å². The Morgan fingerprint density at radius 2 is 0.590 bits per heavy atom. The zero-order valence-corrected chi connectivity index (χ0v) is 66.8. The predicted molar refractivity (Wildman–Crippen MR) is 409 cm³/mol. The van der Waals surface area contributed by atoms with Crippen LogP contribution in [-0.4, -0.2) is 96.7 Å². The predicted octanol–water partition coefficient (Wildman–Crippen LogP) is 23.8. The highest BCUT2D eigenvalue weighted by Crippen LogP contribution is 2.45. The van der Waals surface area contributed by atoms with Crippen molar-refractivity contribution in [3.8, 4) is 0 Å². The molecule has 0 radical (unpaired) electrons. The number of hydrogen-bond donors (Lipinski definition) is 3. The average molecular weight is 1460 g/mol. The zero-order chi connectivity index (χ0) is 73.5. The standard InChI is InChI=1S/C81H154O17P2/c1-7-10-12-14-16-18-20-22-24-25-26-27-29-31-33-40-47-53-59-65-80(85)97-76(69-91-78(83)63-57-51-45-39-32-30-28-23-21-19-17-15-13-11-8-2)71-95-99(87,88)93-67-75(82)68-94-100(89,90)96-72-77(70-92-79(84)64-58-52-46-42-36-37-43-49-55-61-73(4)5)98-81(86)66-60-54-48-41-35-34-38-44-50-56-62-74(6)9-3/h19,21,23,28,73-77,82H,7-18,20,22,24-27,29-72H2,1-6H3,(H,87,88)(H,89,90)/b21-19-,28-23-/t74?,75-,76-,77-/m1/s1. The summed E-state index contributed by atoms with van der Waals surface area (Å²) in [6.45, 7) is 9.57. The number of allylic oxidation sites excluding steroid dienone is 4. The Morgan fingerprint density at radius 3 is 0.900 bits per heavy atom. The van der Waals surface area contributed by atoms with E-state index in [9.17, 15) is 43.2 Å². The molecule has 0 heterocycles. The fraction of sp³-hybridized carbons (Fsp3) is 0.901. The Bertz CT molecular complexity index is 2020. The Hall–Kier alpha value is -2.46. The van der Waals surface area contributed by atoms with Gasteiger partial charge in [-0.25, -0.2) is 9.13 Å². The van der Waals surface area contributed by atoms with Gasteiger partial charge in [-0.2, -0.15) is 0 Å². The first kappa shape index (κ1) is 97.5. The van der Waals surface area contributed by atoms with Crippen molar-refractivity contribution in [2.24, 2.45) is 11.8 Å². The second-order valence-corrected chi connectivity index (χ2v) is 32.1. The number of phosphoric ester groups is 2. The number of phosphoric acid groups is 2. The maximum atomic E-state index is 13.1. The molecule has 0 rings (SSSR count). The third-order valence-corrected chi connectivity index (χ3v) is 20.6. The summed E-state index contributed by atoms with van der Waals surface area (Å²) in [5, 5.41) is 10.6. The highest BCUT2D eigenvalue weighted by atomic mass is 31.2. The lowest BCUT2D eigenvalue weighted by Crippen LogP contribution is -2.30. The number of carbonyl (C=O) groups is 4. The monoisotopic (exact) mass is 1460 g/mol. The molecule has 0 aliphatic carbocycles. The van der Waals surface area contributed by atoms with E-state index in [-0.39, 0.29) is 25.7 Å². The number of esters is 4. The van der Waals surface area contributed by atoms with Crippen LogP contribution in [0, 0.1) is 11.8 Å². The molecule has 0 aromatic carbocycles.